The zero-order valence-electron chi connectivity index (χ0n) is 14.7. The monoisotopic (exact) mass is 495 g/mol. The molecule has 3 rings (SSSR count). The van der Waals surface area contributed by atoms with Crippen molar-refractivity contribution in [2.45, 2.75) is 25.8 Å². The minimum atomic E-state index is -0.479. The van der Waals surface area contributed by atoms with Gasteiger partial charge in [0.1, 0.15) is 5.84 Å². The van der Waals surface area contributed by atoms with Crippen LogP contribution in [0.2, 0.25) is 0 Å². The number of nitrogens with zero attached hydrogens (tertiary/aromatic N) is 1. The molecule has 2 aromatic carbocycles. The number of nitrogen functional groups attached to an aromatic ring is 1. The molecule has 0 aliphatic carbocycles. The van der Waals surface area contributed by atoms with Crippen LogP contribution in [0.1, 0.15) is 10.4 Å². The molecule has 0 aliphatic rings. The van der Waals surface area contributed by atoms with Crippen LogP contribution in [-0.4, -0.2) is 12.1 Å². The van der Waals surface area contributed by atoms with E-state index in [1.54, 1.807) is 23.1 Å². The van der Waals surface area contributed by atoms with Crippen LogP contribution in [0.25, 0.3) is 0 Å². The van der Waals surface area contributed by atoms with Gasteiger partial charge in [-0.25, -0.2) is 0 Å². The summed E-state index contributed by atoms with van der Waals surface area (Å²) in [5.41, 5.74) is 6.97. The summed E-state index contributed by atoms with van der Waals surface area (Å²) >= 11 is 8.31. The molecule has 0 amide bonds. The first-order valence-corrected chi connectivity index (χ1v) is 12.7. The largest absolute Gasteiger partial charge is 0.383 e. The fourth-order valence-corrected chi connectivity index (χ4v) is 7.88. The van der Waals surface area contributed by atoms with E-state index in [1.807, 2.05) is 18.2 Å². The van der Waals surface area contributed by atoms with E-state index < -0.39 is 10.7 Å². The molecule has 1 atom stereocenters. The number of rotatable bonds is 6. The van der Waals surface area contributed by atoms with Crippen LogP contribution in [0.4, 0.5) is 0 Å². The van der Waals surface area contributed by atoms with E-state index in [9.17, 15) is 0 Å². The van der Waals surface area contributed by atoms with Crippen LogP contribution in [0, 0.1) is 12.3 Å². The molecule has 3 aromatic rings. The smallest absolute Gasteiger partial charge is 0.133 e. The molecule has 0 saturated carbocycles. The number of benzene rings is 2. The summed E-state index contributed by atoms with van der Waals surface area (Å²) in [6.45, 7) is 2.08. The minimum absolute atomic E-state index is 0.102. The topological polar surface area (TPSA) is 62.2 Å². The maximum absolute atomic E-state index is 7.80. The average Bonchev–Trinajstić information content (AvgIpc) is 3.08. The van der Waals surface area contributed by atoms with E-state index in [4.69, 9.17) is 14.9 Å². The van der Waals surface area contributed by atoms with E-state index in [-0.39, 0.29) is 5.84 Å². The summed E-state index contributed by atoms with van der Waals surface area (Å²) in [6.07, 6.45) is 2.05. The lowest BCUT2D eigenvalue weighted by Gasteiger charge is -2.09. The number of nitrogens with two attached hydrogens (primary N) is 1. The van der Waals surface area contributed by atoms with Crippen molar-refractivity contribution in [3.05, 3.63) is 69.5 Å². The van der Waals surface area contributed by atoms with E-state index in [2.05, 4.69) is 65.5 Å². The van der Waals surface area contributed by atoms with Gasteiger partial charge in [0.2, 0.25) is 0 Å². The minimum Gasteiger partial charge on any atom is -0.383 e. The summed E-state index contributed by atoms with van der Waals surface area (Å²) in [5.74, 6) is 0.102. The Kier molecular flexibility index (Phi) is 7.22. The van der Waals surface area contributed by atoms with Gasteiger partial charge in [0.25, 0.3) is 0 Å². The number of hydrogen-bond acceptors (Lipinski definition) is 5. The van der Waals surface area contributed by atoms with Gasteiger partial charge in [-0.05, 0) is 60.3 Å². The molecule has 1 aromatic heterocycles. The first-order valence-electron chi connectivity index (χ1n) is 7.95. The maximum atomic E-state index is 7.80. The average molecular weight is 497 g/mol. The van der Waals surface area contributed by atoms with Gasteiger partial charge in [-0.15, -0.1) is 23.1 Å². The molecule has 3 nitrogen and oxygen atoms in total. The third-order valence-corrected chi connectivity index (χ3v) is 9.45. The Morgan fingerprint density at radius 2 is 1.93 bits per heavy atom. The standard InChI is InChI=1S/C19H18BrN3S4/c1-12-6-8-14(9-7-12)26-23-27(15-5-3-4-13(20)10-15)17-11-16(18(21)22)25-19(17)24-2/h3-11H,1-2H3,(H3,21,22). The lowest BCUT2D eigenvalue weighted by atomic mass is 10.2. The number of hydrogen-bond donors (Lipinski definition) is 2. The molecule has 0 saturated heterocycles. The number of aryl methyl sites for hydroxylation is 1. The Bertz CT molecular complexity index is 996. The predicted octanol–water partition coefficient (Wildman–Crippen LogP) is 6.75. The second-order valence-corrected chi connectivity index (χ2v) is 11.4. The third-order valence-electron chi connectivity index (χ3n) is 3.58. The van der Waals surface area contributed by atoms with Crippen molar-refractivity contribution < 1.29 is 0 Å². The van der Waals surface area contributed by atoms with Crippen LogP contribution in [0.5, 0.6) is 0 Å². The van der Waals surface area contributed by atoms with Crippen LogP contribution >= 0.6 is 51.0 Å². The van der Waals surface area contributed by atoms with Crippen molar-refractivity contribution in [2.24, 2.45) is 9.50 Å². The third kappa shape index (κ3) is 5.26. The van der Waals surface area contributed by atoms with Gasteiger partial charge in [0.15, 0.2) is 0 Å². The summed E-state index contributed by atoms with van der Waals surface area (Å²) in [5, 5.41) is 7.80. The first-order chi connectivity index (χ1) is 13.0. The molecule has 0 spiro atoms. The molecule has 0 fully saturated rings. The van der Waals surface area contributed by atoms with Gasteiger partial charge >= 0.3 is 0 Å². The molecule has 3 N–H and O–H groups in total. The molecule has 0 aliphatic heterocycles. The molecule has 1 heterocycles. The molecule has 140 valence electrons. The molecule has 1 unspecified atom stereocenters. The van der Waals surface area contributed by atoms with E-state index in [0.717, 1.165) is 28.2 Å². The van der Waals surface area contributed by atoms with Crippen molar-refractivity contribution >= 4 is 67.5 Å². The summed E-state index contributed by atoms with van der Waals surface area (Å²) < 4.78 is 7.17. The van der Waals surface area contributed by atoms with Crippen LogP contribution in [0.15, 0.2) is 81.7 Å². The number of thioether (sulfide) groups is 1. The number of thiophene rings is 1. The van der Waals surface area contributed by atoms with E-state index in [0.29, 0.717) is 0 Å². The second kappa shape index (κ2) is 9.43. The summed E-state index contributed by atoms with van der Waals surface area (Å²) in [6, 6.07) is 18.7. The molecular formula is C19H18BrN3S4. The van der Waals surface area contributed by atoms with Crippen molar-refractivity contribution in [1.29, 1.82) is 5.41 Å². The highest BCUT2D eigenvalue weighted by molar-refractivity contribution is 9.10. The predicted molar refractivity (Wildman–Crippen MR) is 125 cm³/mol. The number of amidine groups is 1. The van der Waals surface area contributed by atoms with Gasteiger partial charge in [0.05, 0.1) is 9.09 Å². The Balaban J connectivity index is 2.09. The number of nitrogens with one attached hydrogen (secondary N) is 1. The van der Waals surface area contributed by atoms with Crippen molar-refractivity contribution in [3.8, 4) is 0 Å². The van der Waals surface area contributed by atoms with Crippen molar-refractivity contribution in [2.75, 3.05) is 6.26 Å². The quantitative estimate of drug-likeness (QED) is 0.172. The number of halogens is 1. The molecule has 0 bridgehead atoms. The normalized spacial score (nSPS) is 12.3. The Morgan fingerprint density at radius 3 is 2.56 bits per heavy atom. The lowest BCUT2D eigenvalue weighted by molar-refractivity contribution is 1.33. The zero-order valence-corrected chi connectivity index (χ0v) is 19.6. The van der Waals surface area contributed by atoms with E-state index >= 15 is 0 Å². The van der Waals surface area contributed by atoms with Gasteiger partial charge in [-0.3, -0.25) is 5.41 Å². The lowest BCUT2D eigenvalue weighted by Crippen LogP contribution is -2.08. The van der Waals surface area contributed by atoms with Crippen LogP contribution < -0.4 is 5.73 Å². The van der Waals surface area contributed by atoms with Gasteiger partial charge in [-0.1, -0.05) is 39.7 Å². The zero-order chi connectivity index (χ0) is 19.4. The van der Waals surface area contributed by atoms with Crippen LogP contribution in [0.3, 0.4) is 0 Å². The first kappa shape index (κ1) is 20.7. The molecule has 8 heteroatoms. The second-order valence-electron chi connectivity index (χ2n) is 5.60. The van der Waals surface area contributed by atoms with Gasteiger partial charge < -0.3 is 5.73 Å². The Morgan fingerprint density at radius 1 is 1.19 bits per heavy atom. The van der Waals surface area contributed by atoms with Crippen molar-refractivity contribution in [3.63, 3.8) is 0 Å². The highest BCUT2D eigenvalue weighted by Gasteiger charge is 2.17. The van der Waals surface area contributed by atoms with Gasteiger partial charge in [0, 0.05) is 31.1 Å². The Labute approximate surface area is 183 Å². The SMILES string of the molecule is CSc1sc(C(=N)N)cc1/S(=N\Sc1ccc(C)cc1)c1cccc(Br)c1. The fraction of sp³-hybridized carbons (Fsp3) is 0.105. The van der Waals surface area contributed by atoms with Crippen LogP contribution in [-0.2, 0) is 10.7 Å². The van der Waals surface area contributed by atoms with E-state index in [1.165, 1.54) is 17.5 Å². The highest BCUT2D eigenvalue weighted by atomic mass is 79.9. The molecule has 27 heavy (non-hydrogen) atoms. The Hall–Kier alpha value is -1.06. The molecule has 0 radical (unpaired) electrons. The summed E-state index contributed by atoms with van der Waals surface area (Å²) in [7, 11) is -0.479. The maximum Gasteiger partial charge on any atom is 0.133 e. The summed E-state index contributed by atoms with van der Waals surface area (Å²) in [4.78, 5) is 4.15. The van der Waals surface area contributed by atoms with Crippen molar-refractivity contribution in [1.82, 2.24) is 0 Å². The van der Waals surface area contributed by atoms with Gasteiger partial charge in [-0.2, -0.15) is 3.77 Å². The molecular weight excluding hydrogens is 478 g/mol. The highest BCUT2D eigenvalue weighted by Crippen LogP contribution is 2.38. The fourth-order valence-electron chi connectivity index (χ4n) is 2.24.